The van der Waals surface area contributed by atoms with Gasteiger partial charge in [-0.3, -0.25) is 4.98 Å². The number of aryl methyl sites for hydroxylation is 2. The molecule has 2 aromatic rings. The maximum atomic E-state index is 12.0. The van der Waals surface area contributed by atoms with E-state index in [0.717, 1.165) is 42.8 Å². The summed E-state index contributed by atoms with van der Waals surface area (Å²) in [5.41, 5.74) is 5.19. The smallest absolute Gasteiger partial charge is 0.178 e. The van der Waals surface area contributed by atoms with Crippen molar-refractivity contribution in [1.82, 2.24) is 4.98 Å². The van der Waals surface area contributed by atoms with Crippen molar-refractivity contribution >= 4 is 9.84 Å². The van der Waals surface area contributed by atoms with Crippen molar-refractivity contribution in [2.45, 2.75) is 96.5 Å². The fraction of sp³-hybridized carbons (Fsp3) is 0.645. The number of hydrogen-bond donors (Lipinski definition) is 0. The Balaban J connectivity index is 1.23. The highest BCUT2D eigenvalue weighted by atomic mass is 32.2. The predicted octanol–water partition coefficient (Wildman–Crippen LogP) is 7.15. The highest BCUT2D eigenvalue weighted by Gasteiger charge is 2.43. The summed E-state index contributed by atoms with van der Waals surface area (Å²) >= 11 is 0. The number of nitrogens with zero attached hydrogens (tertiary/aromatic N) is 1. The van der Waals surface area contributed by atoms with E-state index in [1.54, 1.807) is 19.1 Å². The van der Waals surface area contributed by atoms with Crippen LogP contribution in [0.15, 0.2) is 41.4 Å². The monoisotopic (exact) mass is 511 g/mol. The minimum absolute atomic E-state index is 0.134. The lowest BCUT2D eigenvalue weighted by Crippen LogP contribution is -2.14. The summed E-state index contributed by atoms with van der Waals surface area (Å²) in [7, 11) is -3.14. The second-order valence-electron chi connectivity index (χ2n) is 11.1. The Morgan fingerprint density at radius 1 is 1.00 bits per heavy atom. The third-order valence-corrected chi connectivity index (χ3v) is 10.6. The minimum Gasteiger partial charge on any atom is -0.376 e. The average molecular weight is 512 g/mol. The Kier molecular flexibility index (Phi) is 9.27. The summed E-state index contributed by atoms with van der Waals surface area (Å²) in [5, 5.41) is 0. The Morgan fingerprint density at radius 2 is 1.78 bits per heavy atom. The molecule has 0 amide bonds. The van der Waals surface area contributed by atoms with E-state index < -0.39 is 9.84 Å². The van der Waals surface area contributed by atoms with Crippen molar-refractivity contribution in [3.05, 3.63) is 58.9 Å². The van der Waals surface area contributed by atoms with Crippen LogP contribution in [-0.4, -0.2) is 25.8 Å². The van der Waals surface area contributed by atoms with Gasteiger partial charge in [0.15, 0.2) is 9.84 Å². The van der Waals surface area contributed by atoms with Crippen molar-refractivity contribution in [2.75, 3.05) is 12.4 Å². The van der Waals surface area contributed by atoms with E-state index >= 15 is 0 Å². The molecule has 0 N–H and O–H groups in total. The quantitative estimate of drug-likeness (QED) is 0.301. The molecule has 1 aromatic heterocycles. The second-order valence-corrected chi connectivity index (χ2v) is 13.4. The van der Waals surface area contributed by atoms with Crippen LogP contribution in [0.5, 0.6) is 0 Å². The van der Waals surface area contributed by atoms with Gasteiger partial charge in [-0.05, 0) is 91.0 Å². The van der Waals surface area contributed by atoms with Crippen LogP contribution in [0.1, 0.15) is 94.5 Å². The third-order valence-electron chi connectivity index (χ3n) is 8.89. The zero-order valence-electron chi connectivity index (χ0n) is 22.7. The molecule has 5 heteroatoms. The molecule has 5 unspecified atom stereocenters. The summed E-state index contributed by atoms with van der Waals surface area (Å²) in [6.07, 6.45) is 12.2. The minimum atomic E-state index is -3.14. The number of aromatic nitrogens is 1. The van der Waals surface area contributed by atoms with Crippen LogP contribution in [0.4, 0.5) is 0 Å². The zero-order chi connectivity index (χ0) is 25.7. The summed E-state index contributed by atoms with van der Waals surface area (Å²) in [4.78, 5) is 5.34. The summed E-state index contributed by atoms with van der Waals surface area (Å²) in [6, 6.07) is 9.56. The largest absolute Gasteiger partial charge is 0.376 e. The molecule has 1 aromatic carbocycles. The fourth-order valence-corrected chi connectivity index (χ4v) is 7.18. The summed E-state index contributed by atoms with van der Waals surface area (Å²) in [5.74, 6) is 3.78. The molecule has 0 radical (unpaired) electrons. The van der Waals surface area contributed by atoms with Crippen LogP contribution in [0.2, 0.25) is 0 Å². The summed E-state index contributed by atoms with van der Waals surface area (Å²) < 4.78 is 30.0. The molecule has 2 saturated carbocycles. The molecule has 0 bridgehead atoms. The number of pyridine rings is 1. The number of rotatable bonds is 11. The third kappa shape index (κ3) is 6.58. The van der Waals surface area contributed by atoms with Gasteiger partial charge in [0.25, 0.3) is 0 Å². The van der Waals surface area contributed by atoms with Gasteiger partial charge in [-0.25, -0.2) is 8.42 Å². The van der Waals surface area contributed by atoms with Crippen molar-refractivity contribution in [1.29, 1.82) is 0 Å². The first kappa shape index (κ1) is 27.3. The Bertz CT molecular complexity index is 1100. The maximum absolute atomic E-state index is 12.0. The molecular weight excluding hydrogens is 466 g/mol. The Morgan fingerprint density at radius 3 is 2.47 bits per heavy atom. The van der Waals surface area contributed by atoms with E-state index in [-0.39, 0.29) is 5.75 Å². The van der Waals surface area contributed by atoms with Gasteiger partial charge in [-0.15, -0.1) is 0 Å². The van der Waals surface area contributed by atoms with Gasteiger partial charge < -0.3 is 4.74 Å². The highest BCUT2D eigenvalue weighted by molar-refractivity contribution is 7.91. The normalized spacial score (nSPS) is 25.3. The first-order valence-corrected chi connectivity index (χ1v) is 15.9. The number of ether oxygens (including phenoxy) is 1. The molecule has 4 nitrogen and oxygen atoms in total. The van der Waals surface area contributed by atoms with E-state index in [0.29, 0.717) is 23.3 Å². The second kappa shape index (κ2) is 12.2. The van der Waals surface area contributed by atoms with E-state index in [9.17, 15) is 8.42 Å². The van der Waals surface area contributed by atoms with Crippen LogP contribution < -0.4 is 0 Å². The number of benzene rings is 1. The molecule has 2 aliphatic rings. The molecule has 1 heterocycles. The molecule has 36 heavy (non-hydrogen) atoms. The van der Waals surface area contributed by atoms with Crippen LogP contribution >= 0.6 is 0 Å². The number of hydrogen-bond acceptors (Lipinski definition) is 4. The van der Waals surface area contributed by atoms with Crippen molar-refractivity contribution in [3.8, 4) is 0 Å². The van der Waals surface area contributed by atoms with Crippen molar-refractivity contribution < 1.29 is 13.2 Å². The van der Waals surface area contributed by atoms with E-state index in [4.69, 9.17) is 9.72 Å². The van der Waals surface area contributed by atoms with Crippen LogP contribution in [0, 0.1) is 23.7 Å². The molecule has 4 rings (SSSR count). The molecule has 2 aliphatic carbocycles. The van der Waals surface area contributed by atoms with Gasteiger partial charge in [0.2, 0.25) is 0 Å². The van der Waals surface area contributed by atoms with Gasteiger partial charge in [0, 0.05) is 17.8 Å². The molecule has 198 valence electrons. The topological polar surface area (TPSA) is 56.3 Å². The first-order chi connectivity index (χ1) is 17.4. The molecule has 0 aliphatic heterocycles. The van der Waals surface area contributed by atoms with E-state index in [1.807, 2.05) is 12.1 Å². The van der Waals surface area contributed by atoms with Crippen LogP contribution in [0.25, 0.3) is 0 Å². The van der Waals surface area contributed by atoms with Gasteiger partial charge in [-0.1, -0.05) is 58.7 Å². The van der Waals surface area contributed by atoms with Gasteiger partial charge in [0.05, 0.1) is 23.9 Å². The average Bonchev–Trinajstić information content (AvgIpc) is 3.71. The fourth-order valence-electron chi connectivity index (χ4n) is 6.30. The standard InChI is InChI=1S/C31H45NO3S/c1-5-23-17-25(6-2)31(32-19-23)22(4)26-9-8-10-27(14-13-26)30-18-28(30)21-35-20-24-11-15-29(16-12-24)36(33,34)7-3/h11-12,15-17,19,22,26-28,30H,5-10,13-14,18,20-21H2,1-4H3. The predicted molar refractivity (Wildman–Crippen MR) is 147 cm³/mol. The highest BCUT2D eigenvalue weighted by Crippen LogP contribution is 2.50. The van der Waals surface area contributed by atoms with Crippen LogP contribution in [-0.2, 0) is 34.0 Å². The molecule has 5 atom stereocenters. The van der Waals surface area contributed by atoms with E-state index in [1.165, 1.54) is 55.3 Å². The molecule has 0 saturated heterocycles. The SMILES string of the molecule is CCc1cnc(C(C)C2CCCC(C3CC3COCc3ccc(S(=O)(=O)CC)cc3)CC2)c(CC)c1. The molecule has 2 fully saturated rings. The Labute approximate surface area is 219 Å². The van der Waals surface area contributed by atoms with Crippen molar-refractivity contribution in [2.24, 2.45) is 23.7 Å². The lowest BCUT2D eigenvalue weighted by molar-refractivity contribution is 0.104. The lowest BCUT2D eigenvalue weighted by Gasteiger charge is -2.24. The zero-order valence-corrected chi connectivity index (χ0v) is 23.5. The van der Waals surface area contributed by atoms with Gasteiger partial charge in [0.1, 0.15) is 0 Å². The number of sulfone groups is 1. The Hall–Kier alpha value is -1.72. The first-order valence-electron chi connectivity index (χ1n) is 14.2. The van der Waals surface area contributed by atoms with Gasteiger partial charge >= 0.3 is 0 Å². The molecular formula is C31H45NO3S. The van der Waals surface area contributed by atoms with Gasteiger partial charge in [-0.2, -0.15) is 0 Å². The van der Waals surface area contributed by atoms with E-state index in [2.05, 4.69) is 33.0 Å². The van der Waals surface area contributed by atoms with Crippen LogP contribution in [0.3, 0.4) is 0 Å². The molecule has 0 spiro atoms. The van der Waals surface area contributed by atoms with Crippen molar-refractivity contribution in [3.63, 3.8) is 0 Å². The lowest BCUT2D eigenvalue weighted by atomic mass is 9.82. The summed E-state index contributed by atoms with van der Waals surface area (Å²) in [6.45, 7) is 9.94. The maximum Gasteiger partial charge on any atom is 0.178 e.